The second-order valence-corrected chi connectivity index (χ2v) is 6.50. The molecule has 1 aromatic rings. The summed E-state index contributed by atoms with van der Waals surface area (Å²) >= 11 is 5.93. The first-order valence-electron chi connectivity index (χ1n) is 7.82. The zero-order chi connectivity index (χ0) is 15.4. The topological polar surface area (TPSA) is 46.3 Å². The third-order valence-corrected chi connectivity index (χ3v) is 4.94. The second-order valence-electron chi connectivity index (χ2n) is 6.06. The number of carbonyl (C=O) groups excluding carboxylic acids is 1. The zero-order valence-corrected chi connectivity index (χ0v) is 14.9. The van der Waals surface area contributed by atoms with Gasteiger partial charge in [-0.15, -0.1) is 12.4 Å². The molecule has 2 atom stereocenters. The van der Waals surface area contributed by atoms with Crippen LogP contribution < -0.4 is 5.73 Å². The average molecular weight is 345 g/mol. The minimum Gasteiger partial charge on any atom is -0.341 e. The van der Waals surface area contributed by atoms with Gasteiger partial charge in [0.1, 0.15) is 0 Å². The summed E-state index contributed by atoms with van der Waals surface area (Å²) in [7, 11) is 0. The Bertz CT molecular complexity index is 470. The van der Waals surface area contributed by atoms with Gasteiger partial charge in [-0.25, -0.2) is 0 Å². The summed E-state index contributed by atoms with van der Waals surface area (Å²) in [6.07, 6.45) is 2.94. The van der Waals surface area contributed by atoms with Crippen LogP contribution in [-0.2, 0) is 4.79 Å². The van der Waals surface area contributed by atoms with Gasteiger partial charge in [0.25, 0.3) is 0 Å². The van der Waals surface area contributed by atoms with E-state index in [1.54, 1.807) is 0 Å². The Balaban J connectivity index is 0.00000242. The summed E-state index contributed by atoms with van der Waals surface area (Å²) in [5.41, 5.74) is 7.38. The SMILES string of the molecule is CCC(C)[C@@H](N)C(=O)N1CCC(c2ccc(Cl)cc2)CC1.Cl. The summed E-state index contributed by atoms with van der Waals surface area (Å²) in [4.78, 5) is 14.3. The molecule has 0 aromatic heterocycles. The number of hydrogen-bond donors (Lipinski definition) is 1. The van der Waals surface area contributed by atoms with Crippen LogP contribution >= 0.6 is 24.0 Å². The molecule has 1 saturated heterocycles. The third-order valence-electron chi connectivity index (χ3n) is 4.69. The summed E-state index contributed by atoms with van der Waals surface area (Å²) in [5, 5.41) is 0.769. The maximum atomic E-state index is 12.4. The number of carbonyl (C=O) groups is 1. The molecule has 0 saturated carbocycles. The van der Waals surface area contributed by atoms with Crippen molar-refractivity contribution < 1.29 is 4.79 Å². The smallest absolute Gasteiger partial charge is 0.239 e. The Labute approximate surface area is 144 Å². The molecular weight excluding hydrogens is 319 g/mol. The molecule has 1 fully saturated rings. The third kappa shape index (κ3) is 4.61. The molecule has 0 radical (unpaired) electrons. The number of nitrogens with two attached hydrogens (primary N) is 1. The van der Waals surface area contributed by atoms with Crippen LogP contribution in [-0.4, -0.2) is 29.9 Å². The summed E-state index contributed by atoms with van der Waals surface area (Å²) in [6.45, 7) is 5.72. The number of nitrogens with zero attached hydrogens (tertiary/aromatic N) is 1. The van der Waals surface area contributed by atoms with Crippen molar-refractivity contribution in [3.05, 3.63) is 34.9 Å². The van der Waals surface area contributed by atoms with Crippen LogP contribution in [0.2, 0.25) is 5.02 Å². The van der Waals surface area contributed by atoms with Crippen LogP contribution in [0.3, 0.4) is 0 Å². The van der Waals surface area contributed by atoms with Crippen molar-refractivity contribution in [2.45, 2.75) is 45.1 Å². The summed E-state index contributed by atoms with van der Waals surface area (Å²) < 4.78 is 0. The van der Waals surface area contributed by atoms with Gasteiger partial charge in [-0.1, -0.05) is 44.0 Å². The fourth-order valence-electron chi connectivity index (χ4n) is 2.88. The molecule has 5 heteroatoms. The molecule has 0 spiro atoms. The number of halogens is 2. The molecule has 1 amide bonds. The number of benzene rings is 1. The van der Waals surface area contributed by atoms with E-state index in [4.69, 9.17) is 17.3 Å². The highest BCUT2D eigenvalue weighted by Crippen LogP contribution is 2.29. The number of hydrogen-bond acceptors (Lipinski definition) is 2. The van der Waals surface area contributed by atoms with E-state index in [0.717, 1.165) is 37.4 Å². The maximum absolute atomic E-state index is 12.4. The molecule has 2 rings (SSSR count). The van der Waals surface area contributed by atoms with Gasteiger partial charge < -0.3 is 10.6 Å². The predicted octanol–water partition coefficient (Wildman–Crippen LogP) is 3.84. The lowest BCUT2D eigenvalue weighted by molar-refractivity contribution is -0.134. The van der Waals surface area contributed by atoms with E-state index in [1.165, 1.54) is 5.56 Å². The first-order chi connectivity index (χ1) is 10.0. The summed E-state index contributed by atoms with van der Waals surface area (Å²) in [5.74, 6) is 0.872. The van der Waals surface area contributed by atoms with E-state index in [1.807, 2.05) is 24.0 Å². The Kier molecular flexibility index (Phi) is 7.67. The fourth-order valence-corrected chi connectivity index (χ4v) is 3.00. The van der Waals surface area contributed by atoms with E-state index in [2.05, 4.69) is 19.1 Å². The van der Waals surface area contributed by atoms with Gasteiger partial charge in [0.2, 0.25) is 5.91 Å². The lowest BCUT2D eigenvalue weighted by Crippen LogP contribution is -2.49. The Morgan fingerprint density at radius 2 is 1.86 bits per heavy atom. The molecule has 1 unspecified atom stereocenters. The maximum Gasteiger partial charge on any atom is 0.239 e. The molecular formula is C17H26Cl2N2O. The van der Waals surface area contributed by atoms with Gasteiger partial charge in [-0.3, -0.25) is 4.79 Å². The van der Waals surface area contributed by atoms with Crippen molar-refractivity contribution in [1.29, 1.82) is 0 Å². The standard InChI is InChI=1S/C17H25ClN2O.ClH/c1-3-12(2)16(19)17(21)20-10-8-14(9-11-20)13-4-6-15(18)7-5-13;/h4-7,12,14,16H,3,8-11,19H2,1-2H3;1H/t12?,16-;/m1./s1. The van der Waals surface area contributed by atoms with Crippen LogP contribution in [0, 0.1) is 5.92 Å². The van der Waals surface area contributed by atoms with Crippen molar-refractivity contribution in [3.63, 3.8) is 0 Å². The average Bonchev–Trinajstić information content (AvgIpc) is 2.53. The predicted molar refractivity (Wildman–Crippen MR) is 94.7 cm³/mol. The zero-order valence-electron chi connectivity index (χ0n) is 13.3. The first-order valence-corrected chi connectivity index (χ1v) is 8.20. The van der Waals surface area contributed by atoms with Crippen molar-refractivity contribution in [1.82, 2.24) is 4.90 Å². The highest BCUT2D eigenvalue weighted by atomic mass is 35.5. The van der Waals surface area contributed by atoms with Gasteiger partial charge in [0.05, 0.1) is 6.04 Å². The van der Waals surface area contributed by atoms with E-state index >= 15 is 0 Å². The van der Waals surface area contributed by atoms with Gasteiger partial charge >= 0.3 is 0 Å². The molecule has 1 aliphatic rings. The second kappa shape index (κ2) is 8.76. The van der Waals surface area contributed by atoms with E-state index in [-0.39, 0.29) is 30.3 Å². The normalized spacial score (nSPS) is 18.5. The summed E-state index contributed by atoms with van der Waals surface area (Å²) in [6, 6.07) is 7.70. The lowest BCUT2D eigenvalue weighted by Gasteiger charge is -2.34. The van der Waals surface area contributed by atoms with Crippen molar-refractivity contribution in [2.24, 2.45) is 11.7 Å². The number of rotatable bonds is 4. The van der Waals surface area contributed by atoms with Crippen LogP contribution in [0.25, 0.3) is 0 Å². The molecule has 2 N–H and O–H groups in total. The minimum absolute atomic E-state index is 0. The number of piperidine rings is 1. The highest BCUT2D eigenvalue weighted by Gasteiger charge is 2.28. The van der Waals surface area contributed by atoms with E-state index in [9.17, 15) is 4.79 Å². The molecule has 0 bridgehead atoms. The van der Waals surface area contributed by atoms with Crippen LogP contribution in [0.15, 0.2) is 24.3 Å². The molecule has 3 nitrogen and oxygen atoms in total. The van der Waals surface area contributed by atoms with Gasteiger partial charge in [0, 0.05) is 18.1 Å². The molecule has 0 aliphatic carbocycles. The number of likely N-dealkylation sites (tertiary alicyclic amines) is 1. The Morgan fingerprint density at radius 1 is 1.32 bits per heavy atom. The molecule has 1 heterocycles. The van der Waals surface area contributed by atoms with Crippen LogP contribution in [0.5, 0.6) is 0 Å². The van der Waals surface area contributed by atoms with Crippen LogP contribution in [0.4, 0.5) is 0 Å². The van der Waals surface area contributed by atoms with Crippen molar-refractivity contribution >= 4 is 29.9 Å². The highest BCUT2D eigenvalue weighted by molar-refractivity contribution is 6.30. The quantitative estimate of drug-likeness (QED) is 0.901. The number of amides is 1. The molecule has 1 aromatic carbocycles. The fraction of sp³-hybridized carbons (Fsp3) is 0.588. The van der Waals surface area contributed by atoms with Gasteiger partial charge in [-0.2, -0.15) is 0 Å². The Hall–Kier alpha value is -0.770. The monoisotopic (exact) mass is 344 g/mol. The molecule has 1 aliphatic heterocycles. The largest absolute Gasteiger partial charge is 0.341 e. The molecule has 124 valence electrons. The Morgan fingerprint density at radius 3 is 2.36 bits per heavy atom. The van der Waals surface area contributed by atoms with Gasteiger partial charge in [0.15, 0.2) is 0 Å². The van der Waals surface area contributed by atoms with E-state index in [0.29, 0.717) is 5.92 Å². The lowest BCUT2D eigenvalue weighted by atomic mass is 9.89. The minimum atomic E-state index is -0.359. The molecule has 22 heavy (non-hydrogen) atoms. The van der Waals surface area contributed by atoms with Gasteiger partial charge in [-0.05, 0) is 42.4 Å². The van der Waals surface area contributed by atoms with Crippen molar-refractivity contribution in [2.75, 3.05) is 13.1 Å². The van der Waals surface area contributed by atoms with Crippen molar-refractivity contribution in [3.8, 4) is 0 Å². The first kappa shape index (κ1) is 19.3. The van der Waals surface area contributed by atoms with Crippen LogP contribution in [0.1, 0.15) is 44.6 Å². The van der Waals surface area contributed by atoms with E-state index < -0.39 is 0 Å².